The fraction of sp³-hybridized carbons (Fsp3) is 0.167. The molecule has 54 valence electrons. The molecule has 0 atom stereocenters. The summed E-state index contributed by atoms with van der Waals surface area (Å²) in [5.41, 5.74) is 6.10. The van der Waals surface area contributed by atoms with Gasteiger partial charge in [-0.2, -0.15) is 0 Å². The van der Waals surface area contributed by atoms with E-state index in [1.807, 2.05) is 0 Å². The van der Waals surface area contributed by atoms with Crippen molar-refractivity contribution in [2.75, 3.05) is 12.8 Å². The molecule has 0 fully saturated rings. The van der Waals surface area contributed by atoms with E-state index in [1.54, 1.807) is 12.3 Å². The molecular weight excluding hydrogens is 132 g/mol. The number of ether oxygens (including phenoxy) is 1. The number of hydrogen-bond donors (Lipinski definition) is 2. The van der Waals surface area contributed by atoms with Crippen molar-refractivity contribution in [1.29, 1.82) is 0 Å². The number of nitrogens with one attached hydrogen (secondary N) is 1. The van der Waals surface area contributed by atoms with E-state index in [2.05, 4.69) is 9.72 Å². The predicted octanol–water partition coefficient (Wildman–Crippen LogP) is 0.384. The molecule has 1 heterocycles. The summed E-state index contributed by atoms with van der Waals surface area (Å²) in [5, 5.41) is 0. The lowest BCUT2D eigenvalue weighted by atomic mass is 10.4. The fourth-order valence-corrected chi connectivity index (χ4v) is 0.660. The highest BCUT2D eigenvalue weighted by atomic mass is 16.5. The highest BCUT2D eigenvalue weighted by Gasteiger charge is 2.08. The highest BCUT2D eigenvalue weighted by Crippen LogP contribution is 2.08. The third kappa shape index (κ3) is 0.953. The number of rotatable bonds is 1. The Morgan fingerprint density at radius 1 is 1.80 bits per heavy atom. The molecular formula is C6H8N2O2. The number of carbonyl (C=O) groups excluding carboxylic acids is 1. The molecule has 1 aromatic rings. The number of methoxy groups -OCH3 is 1. The second-order valence-corrected chi connectivity index (χ2v) is 1.80. The minimum Gasteiger partial charge on any atom is -0.464 e. The van der Waals surface area contributed by atoms with E-state index in [0.717, 1.165) is 0 Å². The van der Waals surface area contributed by atoms with Gasteiger partial charge >= 0.3 is 5.97 Å². The highest BCUT2D eigenvalue weighted by molar-refractivity contribution is 5.92. The van der Waals surface area contributed by atoms with E-state index in [4.69, 9.17) is 5.73 Å². The number of aromatic amines is 1. The van der Waals surface area contributed by atoms with Crippen molar-refractivity contribution in [2.45, 2.75) is 0 Å². The lowest BCUT2D eigenvalue weighted by Crippen LogP contribution is -2.04. The minimum atomic E-state index is -0.442. The molecule has 0 aliphatic carbocycles. The zero-order valence-corrected chi connectivity index (χ0v) is 5.55. The van der Waals surface area contributed by atoms with Gasteiger partial charge in [0.1, 0.15) is 5.69 Å². The third-order valence-electron chi connectivity index (χ3n) is 1.17. The van der Waals surface area contributed by atoms with E-state index in [1.165, 1.54) is 7.11 Å². The van der Waals surface area contributed by atoms with Crippen LogP contribution in [0.15, 0.2) is 12.3 Å². The van der Waals surface area contributed by atoms with Gasteiger partial charge in [-0.25, -0.2) is 4.79 Å². The average Bonchev–Trinajstić information content (AvgIpc) is 2.34. The Bertz CT molecular complexity index is 242. The van der Waals surface area contributed by atoms with Crippen LogP contribution in [0.4, 0.5) is 5.69 Å². The quantitative estimate of drug-likeness (QED) is 0.554. The smallest absolute Gasteiger partial charge is 0.356 e. The van der Waals surface area contributed by atoms with Crippen LogP contribution < -0.4 is 5.73 Å². The van der Waals surface area contributed by atoms with Gasteiger partial charge < -0.3 is 15.5 Å². The molecule has 0 aromatic carbocycles. The predicted molar refractivity (Wildman–Crippen MR) is 36.5 cm³/mol. The van der Waals surface area contributed by atoms with Crippen LogP contribution >= 0.6 is 0 Å². The molecule has 0 saturated carbocycles. The van der Waals surface area contributed by atoms with Crippen LogP contribution in [-0.2, 0) is 4.74 Å². The lowest BCUT2D eigenvalue weighted by Gasteiger charge is -1.95. The summed E-state index contributed by atoms with van der Waals surface area (Å²) < 4.78 is 4.43. The number of esters is 1. The van der Waals surface area contributed by atoms with Crippen LogP contribution in [0.25, 0.3) is 0 Å². The van der Waals surface area contributed by atoms with E-state index >= 15 is 0 Å². The van der Waals surface area contributed by atoms with Gasteiger partial charge in [-0.1, -0.05) is 0 Å². The first kappa shape index (κ1) is 6.67. The number of H-pyrrole nitrogens is 1. The molecule has 0 bridgehead atoms. The first-order valence-corrected chi connectivity index (χ1v) is 2.77. The summed E-state index contributed by atoms with van der Waals surface area (Å²) in [4.78, 5) is 13.4. The topological polar surface area (TPSA) is 68.1 Å². The maximum atomic E-state index is 10.8. The van der Waals surface area contributed by atoms with Crippen LogP contribution in [0, 0.1) is 0 Å². The van der Waals surface area contributed by atoms with E-state index < -0.39 is 5.97 Å². The normalized spacial score (nSPS) is 9.30. The number of anilines is 1. The van der Waals surface area contributed by atoms with Crippen LogP contribution in [0.3, 0.4) is 0 Å². The second-order valence-electron chi connectivity index (χ2n) is 1.80. The minimum absolute atomic E-state index is 0.308. The zero-order valence-electron chi connectivity index (χ0n) is 5.55. The number of carbonyl (C=O) groups is 1. The second kappa shape index (κ2) is 2.43. The lowest BCUT2D eigenvalue weighted by molar-refractivity contribution is 0.0596. The summed E-state index contributed by atoms with van der Waals surface area (Å²) in [5.74, 6) is -0.442. The Morgan fingerprint density at radius 3 is 2.90 bits per heavy atom. The van der Waals surface area contributed by atoms with Crippen LogP contribution in [0.5, 0.6) is 0 Å². The maximum Gasteiger partial charge on any atom is 0.356 e. The molecule has 0 radical (unpaired) electrons. The molecule has 3 N–H and O–H groups in total. The molecule has 0 amide bonds. The SMILES string of the molecule is COC(=O)c1[nH]ccc1N. The van der Waals surface area contributed by atoms with E-state index in [-0.39, 0.29) is 0 Å². The Kier molecular flexibility index (Phi) is 1.62. The summed E-state index contributed by atoms with van der Waals surface area (Å²) >= 11 is 0. The van der Waals surface area contributed by atoms with Gasteiger partial charge in [-0.05, 0) is 6.07 Å². The molecule has 0 spiro atoms. The van der Waals surface area contributed by atoms with Crippen molar-refractivity contribution in [3.63, 3.8) is 0 Å². The van der Waals surface area contributed by atoms with E-state index in [0.29, 0.717) is 11.4 Å². The Hall–Kier alpha value is -1.45. The molecule has 4 heteroatoms. The van der Waals surface area contributed by atoms with Gasteiger partial charge in [0.05, 0.1) is 12.8 Å². The van der Waals surface area contributed by atoms with Gasteiger partial charge in [0.15, 0.2) is 0 Å². The van der Waals surface area contributed by atoms with Crippen molar-refractivity contribution in [1.82, 2.24) is 4.98 Å². The summed E-state index contributed by atoms with van der Waals surface area (Å²) in [6.45, 7) is 0. The van der Waals surface area contributed by atoms with Crippen LogP contribution in [-0.4, -0.2) is 18.1 Å². The van der Waals surface area contributed by atoms with Crippen molar-refractivity contribution in [2.24, 2.45) is 0 Å². The Labute approximate surface area is 58.0 Å². The average molecular weight is 140 g/mol. The van der Waals surface area contributed by atoms with Crippen molar-refractivity contribution < 1.29 is 9.53 Å². The van der Waals surface area contributed by atoms with Crippen molar-refractivity contribution >= 4 is 11.7 Å². The number of aromatic nitrogens is 1. The van der Waals surface area contributed by atoms with Gasteiger partial charge in [-0.15, -0.1) is 0 Å². The first-order valence-electron chi connectivity index (χ1n) is 2.77. The number of nitrogens with two attached hydrogens (primary N) is 1. The Morgan fingerprint density at radius 2 is 2.50 bits per heavy atom. The summed E-state index contributed by atoms with van der Waals surface area (Å²) in [6, 6.07) is 1.60. The summed E-state index contributed by atoms with van der Waals surface area (Å²) in [7, 11) is 1.31. The fourth-order valence-electron chi connectivity index (χ4n) is 0.660. The molecule has 0 unspecified atom stereocenters. The monoisotopic (exact) mass is 140 g/mol. The first-order chi connectivity index (χ1) is 4.75. The molecule has 4 nitrogen and oxygen atoms in total. The molecule has 10 heavy (non-hydrogen) atoms. The number of nitrogen functional groups attached to an aromatic ring is 1. The van der Waals surface area contributed by atoms with Crippen LogP contribution in [0.2, 0.25) is 0 Å². The van der Waals surface area contributed by atoms with Crippen LogP contribution in [0.1, 0.15) is 10.5 Å². The third-order valence-corrected chi connectivity index (χ3v) is 1.17. The Balaban J connectivity index is 2.93. The van der Waals surface area contributed by atoms with Gasteiger partial charge in [0, 0.05) is 6.20 Å². The standard InChI is InChI=1S/C6H8N2O2/c1-10-6(9)5-4(7)2-3-8-5/h2-3,8H,7H2,1H3. The van der Waals surface area contributed by atoms with Gasteiger partial charge in [0.25, 0.3) is 0 Å². The summed E-state index contributed by atoms with van der Waals surface area (Å²) in [6.07, 6.45) is 1.58. The molecule has 0 saturated heterocycles. The largest absolute Gasteiger partial charge is 0.464 e. The molecule has 0 aliphatic heterocycles. The maximum absolute atomic E-state index is 10.8. The van der Waals surface area contributed by atoms with E-state index in [9.17, 15) is 4.79 Å². The van der Waals surface area contributed by atoms with Gasteiger partial charge in [-0.3, -0.25) is 0 Å². The molecule has 1 aromatic heterocycles. The zero-order chi connectivity index (χ0) is 7.56. The van der Waals surface area contributed by atoms with Crippen molar-refractivity contribution in [3.05, 3.63) is 18.0 Å². The molecule has 0 aliphatic rings. The van der Waals surface area contributed by atoms with Gasteiger partial charge in [0.2, 0.25) is 0 Å². The number of hydrogen-bond acceptors (Lipinski definition) is 3. The van der Waals surface area contributed by atoms with Crippen molar-refractivity contribution in [3.8, 4) is 0 Å². The molecule has 1 rings (SSSR count).